The first-order valence-corrected chi connectivity index (χ1v) is 21.3. The van der Waals surface area contributed by atoms with Crippen LogP contribution >= 0.6 is 11.8 Å². The Morgan fingerprint density at radius 1 is 0.896 bits per heavy atom. The summed E-state index contributed by atoms with van der Waals surface area (Å²) in [5.74, 6) is -1.42. The molecular formula is C38H53F5O3SSi. The van der Waals surface area contributed by atoms with Gasteiger partial charge in [-0.1, -0.05) is 52.0 Å². The molecule has 0 bridgehead atoms. The minimum Gasteiger partial charge on any atom is -0.547 e. The van der Waals surface area contributed by atoms with Crippen molar-refractivity contribution in [2.24, 2.45) is 11.3 Å². The van der Waals surface area contributed by atoms with Gasteiger partial charge in [-0.25, -0.2) is 0 Å². The molecule has 3 atom stereocenters. The fourth-order valence-electron chi connectivity index (χ4n) is 6.95. The Bertz CT molecular complexity index is 1390. The number of thioether (sulfide) groups is 1. The summed E-state index contributed by atoms with van der Waals surface area (Å²) in [5, 5.41) is 11.1. The predicted octanol–water partition coefficient (Wildman–Crippen LogP) is 11.1. The van der Waals surface area contributed by atoms with Gasteiger partial charge in [0.2, 0.25) is 9.04 Å². The lowest BCUT2D eigenvalue weighted by molar-refractivity contribution is -0.284. The molecule has 2 aliphatic carbocycles. The Kier molecular flexibility index (Phi) is 12.8. The molecular weight excluding hydrogens is 660 g/mol. The summed E-state index contributed by atoms with van der Waals surface area (Å²) in [6.07, 6.45) is -0.969. The van der Waals surface area contributed by atoms with Crippen LogP contribution in [0.15, 0.2) is 42.5 Å². The van der Waals surface area contributed by atoms with Crippen LogP contribution in [0, 0.1) is 11.3 Å². The Hall–Kier alpha value is -2.04. The maximum absolute atomic E-state index is 13.0. The normalized spacial score (nSPS) is 21.9. The number of allylic oxidation sites excluding steroid dienone is 2. The highest BCUT2D eigenvalue weighted by Gasteiger charge is 2.56. The minimum absolute atomic E-state index is 0.00686. The first kappa shape index (κ1) is 38.8. The van der Waals surface area contributed by atoms with E-state index in [0.717, 1.165) is 67.8 Å². The Labute approximate surface area is 289 Å². The Balaban J connectivity index is 1.39. The molecule has 1 saturated carbocycles. The molecule has 0 amide bonds. The molecule has 0 aliphatic heterocycles. The molecule has 0 aromatic heterocycles. The largest absolute Gasteiger partial charge is 0.547 e. The van der Waals surface area contributed by atoms with Crippen LogP contribution in [0.5, 0.6) is 11.5 Å². The molecule has 0 saturated heterocycles. The van der Waals surface area contributed by atoms with Gasteiger partial charge in [0, 0.05) is 17.4 Å². The second-order valence-electron chi connectivity index (χ2n) is 15.1. The molecule has 268 valence electrons. The summed E-state index contributed by atoms with van der Waals surface area (Å²) in [6.45, 7) is 13.9. The molecule has 48 heavy (non-hydrogen) atoms. The number of hydrogen-bond acceptors (Lipinski definition) is 4. The fourth-order valence-corrected chi connectivity index (χ4v) is 8.61. The standard InChI is InChI=1S/C38H53F5O3SSi/c1-35(2,3)27-13-17-30(33(24-27)46-48(5)6)31-23-28-14-18-34(44)36(28,4)25-32(31)26-11-15-29(16-12-26)45-20-8-7-9-21-47-22-10-19-37(39,40)38(41,42)43/h11-13,15-17,24,28,34,44,48H,7-10,14,18-23,25H2,1-6H3/t28-,34-,36-/m0/s1. The van der Waals surface area contributed by atoms with E-state index in [1.807, 2.05) is 12.1 Å². The molecule has 2 aliphatic rings. The van der Waals surface area contributed by atoms with Crippen LogP contribution in [0.1, 0.15) is 102 Å². The van der Waals surface area contributed by atoms with Crippen molar-refractivity contribution in [1.29, 1.82) is 0 Å². The van der Waals surface area contributed by atoms with Crippen LogP contribution in [0.25, 0.3) is 11.1 Å². The number of aliphatic hydroxyl groups excluding tert-OH is 1. The van der Waals surface area contributed by atoms with Gasteiger partial charge in [-0.3, -0.25) is 0 Å². The molecule has 1 fully saturated rings. The third kappa shape index (κ3) is 9.59. The van der Waals surface area contributed by atoms with Crippen molar-refractivity contribution in [2.45, 2.75) is 122 Å². The second-order valence-corrected chi connectivity index (χ2v) is 18.7. The molecule has 0 radical (unpaired) electrons. The molecule has 10 heteroatoms. The van der Waals surface area contributed by atoms with E-state index in [1.54, 1.807) is 0 Å². The van der Waals surface area contributed by atoms with E-state index in [4.69, 9.17) is 9.16 Å². The number of ether oxygens (including phenoxy) is 1. The van der Waals surface area contributed by atoms with Gasteiger partial charge in [0.1, 0.15) is 11.5 Å². The molecule has 0 unspecified atom stereocenters. The van der Waals surface area contributed by atoms with Crippen molar-refractivity contribution in [3.63, 3.8) is 0 Å². The van der Waals surface area contributed by atoms with Crippen molar-refractivity contribution in [3.8, 4) is 11.5 Å². The van der Waals surface area contributed by atoms with Crippen molar-refractivity contribution in [1.82, 2.24) is 0 Å². The highest BCUT2D eigenvalue weighted by molar-refractivity contribution is 7.99. The van der Waals surface area contributed by atoms with Crippen molar-refractivity contribution in [2.75, 3.05) is 18.1 Å². The van der Waals surface area contributed by atoms with Crippen LogP contribution in [-0.2, 0) is 5.41 Å². The van der Waals surface area contributed by atoms with Crippen LogP contribution in [0.3, 0.4) is 0 Å². The van der Waals surface area contributed by atoms with E-state index >= 15 is 0 Å². The molecule has 2 aromatic carbocycles. The van der Waals surface area contributed by atoms with Crippen LogP contribution < -0.4 is 9.16 Å². The van der Waals surface area contributed by atoms with Crippen molar-refractivity contribution >= 4 is 31.9 Å². The maximum atomic E-state index is 13.0. The summed E-state index contributed by atoms with van der Waals surface area (Å²) < 4.78 is 75.4. The molecule has 4 rings (SSSR count). The monoisotopic (exact) mass is 712 g/mol. The van der Waals surface area contributed by atoms with E-state index in [2.05, 4.69) is 71.1 Å². The molecule has 1 N–H and O–H groups in total. The molecule has 0 spiro atoms. The van der Waals surface area contributed by atoms with Crippen molar-refractivity contribution in [3.05, 3.63) is 59.2 Å². The number of fused-ring (bicyclic) bond motifs is 1. The summed E-state index contributed by atoms with van der Waals surface area (Å²) in [7, 11) is -1.38. The summed E-state index contributed by atoms with van der Waals surface area (Å²) in [6, 6.07) is 15.0. The number of halogens is 5. The van der Waals surface area contributed by atoms with Crippen LogP contribution in [0.4, 0.5) is 22.0 Å². The Morgan fingerprint density at radius 2 is 1.58 bits per heavy atom. The highest BCUT2D eigenvalue weighted by atomic mass is 32.2. The van der Waals surface area contributed by atoms with Gasteiger partial charge in [0.25, 0.3) is 0 Å². The van der Waals surface area contributed by atoms with Crippen LogP contribution in [-0.4, -0.2) is 50.5 Å². The average molecular weight is 713 g/mol. The zero-order chi connectivity index (χ0) is 35.3. The highest BCUT2D eigenvalue weighted by Crippen LogP contribution is 2.58. The minimum atomic E-state index is -5.47. The van der Waals surface area contributed by atoms with Gasteiger partial charge in [-0.2, -0.15) is 33.7 Å². The topological polar surface area (TPSA) is 38.7 Å². The van der Waals surface area contributed by atoms with Crippen LogP contribution in [0.2, 0.25) is 13.1 Å². The third-order valence-corrected chi connectivity index (χ3v) is 11.9. The van der Waals surface area contributed by atoms with Gasteiger partial charge < -0.3 is 14.3 Å². The van der Waals surface area contributed by atoms with Gasteiger partial charge in [0.05, 0.1) is 12.7 Å². The SMILES string of the molecule is C[SiH](C)Oc1cc(C(C)(C)C)ccc1C1=C(c2ccc(OCCCCCSCCCC(F)(F)C(F)(F)F)cc2)C[C@@]2(C)[C@@H](CC[C@@H]2O)C1. The Morgan fingerprint density at radius 3 is 2.23 bits per heavy atom. The van der Waals surface area contributed by atoms with E-state index in [9.17, 15) is 27.1 Å². The number of hydrogen-bond donors (Lipinski definition) is 1. The number of unbranched alkanes of at least 4 members (excludes halogenated alkanes) is 2. The smallest absolute Gasteiger partial charge is 0.453 e. The predicted molar refractivity (Wildman–Crippen MR) is 191 cm³/mol. The third-order valence-electron chi connectivity index (χ3n) is 9.99. The molecule has 0 heterocycles. The lowest BCUT2D eigenvalue weighted by atomic mass is 9.64. The number of rotatable bonds is 15. The number of alkyl halides is 5. The summed E-state index contributed by atoms with van der Waals surface area (Å²) in [4.78, 5) is 0. The quantitative estimate of drug-likeness (QED) is 0.113. The van der Waals surface area contributed by atoms with Crippen molar-refractivity contribution < 1.29 is 36.2 Å². The summed E-state index contributed by atoms with van der Waals surface area (Å²) >= 11 is 1.42. The van der Waals surface area contributed by atoms with Gasteiger partial charge in [-0.15, -0.1) is 0 Å². The van der Waals surface area contributed by atoms with E-state index in [-0.39, 0.29) is 23.4 Å². The summed E-state index contributed by atoms with van der Waals surface area (Å²) in [5.41, 5.74) is 5.97. The fraction of sp³-hybridized carbons (Fsp3) is 0.632. The molecule has 2 aromatic rings. The van der Waals surface area contributed by atoms with Gasteiger partial charge >= 0.3 is 12.1 Å². The van der Waals surface area contributed by atoms with E-state index in [1.165, 1.54) is 34.0 Å². The lowest BCUT2D eigenvalue weighted by Gasteiger charge is -2.41. The van der Waals surface area contributed by atoms with E-state index in [0.29, 0.717) is 18.3 Å². The van der Waals surface area contributed by atoms with E-state index < -0.39 is 27.6 Å². The lowest BCUT2D eigenvalue weighted by Crippen LogP contribution is -2.36. The maximum Gasteiger partial charge on any atom is 0.453 e. The zero-order valence-corrected chi connectivity index (χ0v) is 31.3. The first-order chi connectivity index (χ1) is 22.4. The number of benzene rings is 2. The van der Waals surface area contributed by atoms with Gasteiger partial charge in [-0.05, 0) is 128 Å². The average Bonchev–Trinajstić information content (AvgIpc) is 3.29. The zero-order valence-electron chi connectivity index (χ0n) is 29.3. The first-order valence-electron chi connectivity index (χ1n) is 17.4. The second kappa shape index (κ2) is 15.9. The number of aliphatic hydroxyl groups is 1. The molecule has 3 nitrogen and oxygen atoms in total. The van der Waals surface area contributed by atoms with Gasteiger partial charge in [0.15, 0.2) is 0 Å².